The Hall–Kier alpha value is -0.670. The molecule has 30 heavy (non-hydrogen) atoms. The highest BCUT2D eigenvalue weighted by atomic mass is 16.3. The van der Waals surface area contributed by atoms with Gasteiger partial charge < -0.3 is 10.2 Å². The summed E-state index contributed by atoms with van der Waals surface area (Å²) in [6.45, 7) is 9.60. The van der Waals surface area contributed by atoms with Gasteiger partial charge in [-0.2, -0.15) is 0 Å². The first kappa shape index (κ1) is 22.5. The number of fused-ring (bicyclic) bond motifs is 5. The number of rotatable bonds is 6. The molecule has 9 atom stereocenters. The van der Waals surface area contributed by atoms with E-state index in [1.54, 1.807) is 0 Å². The maximum Gasteiger partial charge on any atom is 0.137 e. The summed E-state index contributed by atoms with van der Waals surface area (Å²) in [4.78, 5) is 13.3. The molecule has 2 N–H and O–H groups in total. The second kappa shape index (κ2) is 8.35. The number of hydrogen-bond donors (Lipinski definition) is 2. The van der Waals surface area contributed by atoms with Crippen molar-refractivity contribution in [3.63, 3.8) is 0 Å². The van der Waals surface area contributed by atoms with E-state index in [1.807, 2.05) is 0 Å². The van der Waals surface area contributed by atoms with E-state index in [4.69, 9.17) is 0 Å². The molecule has 0 heterocycles. The molecular formula is C27H44O3. The largest absolute Gasteiger partial charge is 0.396 e. The van der Waals surface area contributed by atoms with Gasteiger partial charge in [0.15, 0.2) is 0 Å². The molecule has 0 radical (unpaired) electrons. The Labute approximate surface area is 183 Å². The number of carbonyl (C=O) groups excluding carboxylic acids is 1. The van der Waals surface area contributed by atoms with Crippen molar-refractivity contribution in [2.45, 2.75) is 98.0 Å². The van der Waals surface area contributed by atoms with Gasteiger partial charge >= 0.3 is 0 Å². The molecule has 170 valence electrons. The van der Waals surface area contributed by atoms with Crippen LogP contribution in [0, 0.1) is 46.3 Å². The summed E-state index contributed by atoms with van der Waals surface area (Å²) in [6, 6.07) is 0. The molecule has 0 bridgehead atoms. The molecule has 0 spiro atoms. The first-order valence-electron chi connectivity index (χ1n) is 12.7. The monoisotopic (exact) mass is 416 g/mol. The lowest BCUT2D eigenvalue weighted by molar-refractivity contribution is -0.124. The maximum absolute atomic E-state index is 13.3. The van der Waals surface area contributed by atoms with Crippen LogP contribution in [-0.2, 0) is 4.79 Å². The van der Waals surface area contributed by atoms with Crippen molar-refractivity contribution >= 4 is 5.78 Å². The van der Waals surface area contributed by atoms with Crippen LogP contribution in [0.1, 0.15) is 91.9 Å². The second-order valence-corrected chi connectivity index (χ2v) is 12.0. The van der Waals surface area contributed by atoms with Crippen molar-refractivity contribution in [3.05, 3.63) is 11.6 Å². The van der Waals surface area contributed by atoms with Crippen LogP contribution < -0.4 is 0 Å². The molecule has 0 aromatic heterocycles. The van der Waals surface area contributed by atoms with Gasteiger partial charge in [0.25, 0.3) is 0 Å². The van der Waals surface area contributed by atoms with Crippen LogP contribution in [-0.4, -0.2) is 28.7 Å². The number of aliphatic hydroxyl groups is 2. The summed E-state index contributed by atoms with van der Waals surface area (Å²) in [5.74, 6) is 3.44. The van der Waals surface area contributed by atoms with Crippen molar-refractivity contribution in [1.82, 2.24) is 0 Å². The maximum atomic E-state index is 13.3. The molecule has 0 aromatic rings. The van der Waals surface area contributed by atoms with Crippen molar-refractivity contribution in [3.8, 4) is 0 Å². The number of aliphatic hydroxyl groups excluding tert-OH is 2. The molecule has 3 saturated carbocycles. The quantitative estimate of drug-likeness (QED) is 0.559. The minimum absolute atomic E-state index is 0.151. The lowest BCUT2D eigenvalue weighted by atomic mass is 9.47. The third-order valence-corrected chi connectivity index (χ3v) is 10.2. The highest BCUT2D eigenvalue weighted by Gasteiger charge is 2.61. The topological polar surface area (TPSA) is 57.5 Å². The molecule has 4 rings (SSSR count). The zero-order chi connectivity index (χ0) is 21.7. The number of hydrogen-bond acceptors (Lipinski definition) is 3. The number of allylic oxidation sites excluding steroid dienone is 1. The summed E-state index contributed by atoms with van der Waals surface area (Å²) in [5.41, 5.74) is 1.92. The van der Waals surface area contributed by atoms with E-state index in [2.05, 4.69) is 33.8 Å². The Kier molecular flexibility index (Phi) is 6.27. The fraction of sp³-hybridized carbons (Fsp3) is 0.889. The summed E-state index contributed by atoms with van der Waals surface area (Å²) >= 11 is 0. The Morgan fingerprint density at radius 3 is 2.60 bits per heavy atom. The van der Waals surface area contributed by atoms with Crippen molar-refractivity contribution in [2.75, 3.05) is 6.61 Å². The Morgan fingerprint density at radius 2 is 1.87 bits per heavy atom. The predicted octanol–water partition coefficient (Wildman–Crippen LogP) is 5.54. The number of Topliss-reactive ketones (excluding diaryl/α,β-unsaturated/α-hetero) is 1. The van der Waals surface area contributed by atoms with E-state index in [1.165, 1.54) is 18.4 Å². The standard InChI is InChI=1S/C27H44O3/c1-17(16-28)6-5-7-18(2)25-24(30)15-23-21-9-8-19-14-20(29)10-12-26(19,3)22(21)11-13-27(23,25)4/h8,17-18,20-23,25,28-29H,5-7,9-16H2,1-4H3/t17?,18?,20-,21?,22?,23?,25-,26-,27-/m0/s1. The van der Waals surface area contributed by atoms with E-state index >= 15 is 0 Å². The highest BCUT2D eigenvalue weighted by Crippen LogP contribution is 2.66. The third kappa shape index (κ3) is 3.62. The lowest BCUT2D eigenvalue weighted by Crippen LogP contribution is -2.51. The second-order valence-electron chi connectivity index (χ2n) is 12.0. The summed E-state index contributed by atoms with van der Waals surface area (Å²) in [6.07, 6.45) is 12.9. The van der Waals surface area contributed by atoms with E-state index < -0.39 is 0 Å². The fourth-order valence-electron chi connectivity index (χ4n) is 8.49. The first-order valence-corrected chi connectivity index (χ1v) is 12.7. The lowest BCUT2D eigenvalue weighted by Gasteiger charge is -2.58. The molecule has 3 nitrogen and oxygen atoms in total. The zero-order valence-corrected chi connectivity index (χ0v) is 19.7. The summed E-state index contributed by atoms with van der Waals surface area (Å²) < 4.78 is 0. The molecular weight excluding hydrogens is 372 g/mol. The molecule has 3 heteroatoms. The molecule has 4 aliphatic rings. The van der Waals surface area contributed by atoms with Gasteiger partial charge in [-0.15, -0.1) is 0 Å². The van der Waals surface area contributed by atoms with Crippen molar-refractivity contribution in [1.29, 1.82) is 0 Å². The molecule has 0 saturated heterocycles. The SMILES string of the molecule is CC(CO)CCCC(C)[C@H]1C(=O)CC2C3CC=C4C[C@@H](O)CC[C@]4(C)C3CC[C@@]21C. The Morgan fingerprint density at radius 1 is 1.10 bits per heavy atom. The van der Waals surface area contributed by atoms with Crippen LogP contribution in [0.5, 0.6) is 0 Å². The minimum atomic E-state index is -0.151. The van der Waals surface area contributed by atoms with Gasteiger partial charge in [0.2, 0.25) is 0 Å². The van der Waals surface area contributed by atoms with E-state index in [0.29, 0.717) is 35.4 Å². The van der Waals surface area contributed by atoms with Crippen molar-refractivity contribution in [2.24, 2.45) is 46.3 Å². The van der Waals surface area contributed by atoms with Crippen LogP contribution >= 0.6 is 0 Å². The van der Waals surface area contributed by atoms with Gasteiger partial charge in [0.05, 0.1) is 6.10 Å². The van der Waals surface area contributed by atoms with Crippen LogP contribution in [0.25, 0.3) is 0 Å². The van der Waals surface area contributed by atoms with Gasteiger partial charge in [0, 0.05) is 18.9 Å². The van der Waals surface area contributed by atoms with E-state index in [0.717, 1.165) is 51.4 Å². The van der Waals surface area contributed by atoms with Crippen LogP contribution in [0.3, 0.4) is 0 Å². The highest BCUT2D eigenvalue weighted by molar-refractivity contribution is 5.85. The van der Waals surface area contributed by atoms with Gasteiger partial charge in [-0.3, -0.25) is 4.79 Å². The van der Waals surface area contributed by atoms with Crippen LogP contribution in [0.4, 0.5) is 0 Å². The van der Waals surface area contributed by atoms with Crippen LogP contribution in [0.15, 0.2) is 11.6 Å². The van der Waals surface area contributed by atoms with Gasteiger partial charge in [0.1, 0.15) is 5.78 Å². The van der Waals surface area contributed by atoms with Gasteiger partial charge in [-0.05, 0) is 91.8 Å². The molecule has 5 unspecified atom stereocenters. The average molecular weight is 417 g/mol. The molecule has 4 aliphatic carbocycles. The summed E-state index contributed by atoms with van der Waals surface area (Å²) in [7, 11) is 0. The normalized spacial score (nSPS) is 45.2. The molecule has 0 amide bonds. The van der Waals surface area contributed by atoms with E-state index in [-0.39, 0.29) is 29.5 Å². The third-order valence-electron chi connectivity index (χ3n) is 10.2. The number of carbonyl (C=O) groups is 1. The predicted molar refractivity (Wildman–Crippen MR) is 121 cm³/mol. The minimum Gasteiger partial charge on any atom is -0.396 e. The smallest absolute Gasteiger partial charge is 0.137 e. The Bertz CT molecular complexity index is 684. The fourth-order valence-corrected chi connectivity index (χ4v) is 8.49. The first-order chi connectivity index (χ1) is 14.2. The Balaban J connectivity index is 1.51. The number of ketones is 1. The average Bonchev–Trinajstić information content (AvgIpc) is 2.98. The zero-order valence-electron chi connectivity index (χ0n) is 19.7. The van der Waals surface area contributed by atoms with Crippen molar-refractivity contribution < 1.29 is 15.0 Å². The van der Waals surface area contributed by atoms with Gasteiger partial charge in [-0.1, -0.05) is 45.8 Å². The molecule has 0 aliphatic heterocycles. The van der Waals surface area contributed by atoms with E-state index in [9.17, 15) is 15.0 Å². The molecule has 0 aromatic carbocycles. The van der Waals surface area contributed by atoms with Crippen LogP contribution in [0.2, 0.25) is 0 Å². The summed E-state index contributed by atoms with van der Waals surface area (Å²) in [5, 5.41) is 19.5. The van der Waals surface area contributed by atoms with Gasteiger partial charge in [-0.25, -0.2) is 0 Å². The molecule has 3 fully saturated rings.